The number of ether oxygens (including phenoxy) is 1. The molecule has 1 N–H and O–H groups in total. The summed E-state index contributed by atoms with van der Waals surface area (Å²) in [6.07, 6.45) is 11.0. The van der Waals surface area contributed by atoms with Crippen LogP contribution in [-0.4, -0.2) is 38.7 Å². The number of rotatable bonds is 3. The highest BCUT2D eigenvalue weighted by atomic mass is 16.5. The van der Waals surface area contributed by atoms with E-state index in [0.29, 0.717) is 11.4 Å². The molecule has 0 spiro atoms. The molecule has 2 atom stereocenters. The second-order valence-electron chi connectivity index (χ2n) is 5.98. The second-order valence-corrected chi connectivity index (χ2v) is 5.98. The molecule has 0 bridgehead atoms. The standard InChI is InChI=1S/C16H18N4O2/c21-15(19-16-4-1-2-13(16)22-9-5-16)12-3-6-18-14(10-12)20-8-7-17-11-20/h3,6-8,10-11,13H,1-2,4-5,9H2,(H,19,21)/t13-,16+/m0/s1. The molecule has 22 heavy (non-hydrogen) atoms. The maximum atomic E-state index is 12.6. The average Bonchev–Trinajstić information content (AvgIpc) is 3.23. The van der Waals surface area contributed by atoms with Gasteiger partial charge in [0.2, 0.25) is 0 Å². The van der Waals surface area contributed by atoms with Gasteiger partial charge in [-0.25, -0.2) is 9.97 Å². The van der Waals surface area contributed by atoms with Crippen molar-refractivity contribution in [3.05, 3.63) is 42.6 Å². The molecule has 2 aromatic heterocycles. The predicted octanol–water partition coefficient (Wildman–Crippen LogP) is 1.71. The van der Waals surface area contributed by atoms with E-state index in [2.05, 4.69) is 15.3 Å². The summed E-state index contributed by atoms with van der Waals surface area (Å²) in [5.41, 5.74) is 0.445. The van der Waals surface area contributed by atoms with Crippen molar-refractivity contribution >= 4 is 5.91 Å². The zero-order valence-corrected chi connectivity index (χ0v) is 12.2. The molecule has 1 saturated carbocycles. The van der Waals surface area contributed by atoms with Crippen LogP contribution in [0.1, 0.15) is 36.0 Å². The lowest BCUT2D eigenvalue weighted by Crippen LogP contribution is -2.51. The fourth-order valence-electron chi connectivity index (χ4n) is 3.55. The van der Waals surface area contributed by atoms with Crippen molar-refractivity contribution in [3.8, 4) is 5.82 Å². The van der Waals surface area contributed by atoms with Crippen molar-refractivity contribution < 1.29 is 9.53 Å². The van der Waals surface area contributed by atoms with Crippen molar-refractivity contribution in [2.75, 3.05) is 6.61 Å². The number of pyridine rings is 1. The number of fused-ring (bicyclic) bond motifs is 1. The summed E-state index contributed by atoms with van der Waals surface area (Å²) in [4.78, 5) is 20.9. The van der Waals surface area contributed by atoms with Gasteiger partial charge in [0.25, 0.3) is 5.91 Å². The topological polar surface area (TPSA) is 69.0 Å². The van der Waals surface area contributed by atoms with Gasteiger partial charge in [-0.15, -0.1) is 0 Å². The van der Waals surface area contributed by atoms with Crippen LogP contribution in [0.25, 0.3) is 5.82 Å². The maximum absolute atomic E-state index is 12.6. The molecule has 0 aromatic carbocycles. The Balaban J connectivity index is 1.57. The summed E-state index contributed by atoms with van der Waals surface area (Å²) in [5.74, 6) is 0.634. The molecule has 1 amide bonds. The third-order valence-electron chi connectivity index (χ3n) is 4.71. The highest BCUT2D eigenvalue weighted by Gasteiger charge is 2.48. The van der Waals surface area contributed by atoms with Gasteiger partial charge in [-0.05, 0) is 37.8 Å². The molecule has 1 aliphatic heterocycles. The monoisotopic (exact) mass is 298 g/mol. The Kier molecular flexibility index (Phi) is 3.18. The molecule has 3 heterocycles. The highest BCUT2D eigenvalue weighted by Crippen LogP contribution is 2.39. The van der Waals surface area contributed by atoms with Crippen LogP contribution in [0.5, 0.6) is 0 Å². The third kappa shape index (κ3) is 2.20. The maximum Gasteiger partial charge on any atom is 0.251 e. The van der Waals surface area contributed by atoms with Gasteiger partial charge in [0.05, 0.1) is 11.6 Å². The highest BCUT2D eigenvalue weighted by molar-refractivity contribution is 5.95. The van der Waals surface area contributed by atoms with Gasteiger partial charge in [0, 0.05) is 30.8 Å². The molecule has 114 valence electrons. The van der Waals surface area contributed by atoms with Crippen LogP contribution in [0.4, 0.5) is 0 Å². The van der Waals surface area contributed by atoms with Gasteiger partial charge in [-0.2, -0.15) is 0 Å². The number of carbonyl (C=O) groups excluding carboxylic acids is 1. The molecule has 1 aliphatic carbocycles. The molecule has 1 saturated heterocycles. The summed E-state index contributed by atoms with van der Waals surface area (Å²) in [6, 6.07) is 3.53. The van der Waals surface area contributed by atoms with Crippen LogP contribution >= 0.6 is 0 Å². The van der Waals surface area contributed by atoms with Gasteiger partial charge in [0.15, 0.2) is 0 Å². The fourth-order valence-corrected chi connectivity index (χ4v) is 3.55. The van der Waals surface area contributed by atoms with Gasteiger partial charge in [-0.3, -0.25) is 9.36 Å². The third-order valence-corrected chi connectivity index (χ3v) is 4.71. The van der Waals surface area contributed by atoms with Crippen molar-refractivity contribution in [1.29, 1.82) is 0 Å². The minimum Gasteiger partial charge on any atom is -0.376 e. The minimum absolute atomic E-state index is 0.0545. The first-order valence-electron chi connectivity index (χ1n) is 7.65. The lowest BCUT2D eigenvalue weighted by molar-refractivity contribution is 0.0717. The quantitative estimate of drug-likeness (QED) is 0.936. The molecule has 2 fully saturated rings. The van der Waals surface area contributed by atoms with Crippen molar-refractivity contribution in [1.82, 2.24) is 19.9 Å². The Hall–Kier alpha value is -2.21. The van der Waals surface area contributed by atoms with E-state index in [1.165, 1.54) is 0 Å². The summed E-state index contributed by atoms with van der Waals surface area (Å²) < 4.78 is 7.54. The summed E-state index contributed by atoms with van der Waals surface area (Å²) in [6.45, 7) is 0.738. The molecule has 6 heteroatoms. The number of imidazole rings is 1. The van der Waals surface area contributed by atoms with E-state index in [1.54, 1.807) is 41.6 Å². The van der Waals surface area contributed by atoms with Crippen LogP contribution in [0.3, 0.4) is 0 Å². The Labute approximate surface area is 128 Å². The van der Waals surface area contributed by atoms with E-state index >= 15 is 0 Å². The SMILES string of the molecule is O=C(N[C@@]12CCC[C@@H]1OCC2)c1ccnc(-n2ccnc2)c1. The van der Waals surface area contributed by atoms with E-state index in [9.17, 15) is 4.79 Å². The Morgan fingerprint density at radius 3 is 3.23 bits per heavy atom. The minimum atomic E-state index is -0.171. The molecule has 0 unspecified atom stereocenters. The average molecular weight is 298 g/mol. The first-order valence-corrected chi connectivity index (χ1v) is 7.65. The molecule has 6 nitrogen and oxygen atoms in total. The van der Waals surface area contributed by atoms with Crippen LogP contribution in [0, 0.1) is 0 Å². The van der Waals surface area contributed by atoms with E-state index in [4.69, 9.17) is 4.74 Å². The molecule has 0 radical (unpaired) electrons. The van der Waals surface area contributed by atoms with Gasteiger partial charge in [-0.1, -0.05) is 0 Å². The van der Waals surface area contributed by atoms with Gasteiger partial charge in [0.1, 0.15) is 12.1 Å². The van der Waals surface area contributed by atoms with Crippen molar-refractivity contribution in [2.24, 2.45) is 0 Å². The van der Waals surface area contributed by atoms with Crippen LogP contribution in [0.2, 0.25) is 0 Å². The Morgan fingerprint density at radius 1 is 1.41 bits per heavy atom. The van der Waals surface area contributed by atoms with E-state index in [0.717, 1.165) is 32.3 Å². The van der Waals surface area contributed by atoms with Crippen LogP contribution in [-0.2, 0) is 4.74 Å². The lowest BCUT2D eigenvalue weighted by Gasteiger charge is -2.29. The van der Waals surface area contributed by atoms with E-state index in [1.807, 2.05) is 0 Å². The summed E-state index contributed by atoms with van der Waals surface area (Å²) >= 11 is 0. The zero-order valence-electron chi connectivity index (χ0n) is 12.2. The second kappa shape index (κ2) is 5.21. The number of nitrogens with one attached hydrogen (secondary N) is 1. The number of amides is 1. The number of carbonyl (C=O) groups is 1. The largest absolute Gasteiger partial charge is 0.376 e. The van der Waals surface area contributed by atoms with Gasteiger partial charge < -0.3 is 10.1 Å². The fraction of sp³-hybridized carbons (Fsp3) is 0.438. The number of aromatic nitrogens is 3. The number of hydrogen-bond acceptors (Lipinski definition) is 4. The van der Waals surface area contributed by atoms with E-state index in [-0.39, 0.29) is 17.6 Å². The number of hydrogen-bond donors (Lipinski definition) is 1. The normalized spacial score (nSPS) is 26.8. The van der Waals surface area contributed by atoms with E-state index < -0.39 is 0 Å². The molecule has 4 rings (SSSR count). The molecule has 2 aromatic rings. The van der Waals surface area contributed by atoms with Crippen molar-refractivity contribution in [3.63, 3.8) is 0 Å². The summed E-state index contributed by atoms with van der Waals surface area (Å²) in [5, 5.41) is 3.23. The summed E-state index contributed by atoms with van der Waals surface area (Å²) in [7, 11) is 0. The molecular formula is C16H18N4O2. The molecule has 2 aliphatic rings. The lowest BCUT2D eigenvalue weighted by atomic mass is 9.93. The van der Waals surface area contributed by atoms with Crippen LogP contribution in [0.15, 0.2) is 37.1 Å². The first-order chi connectivity index (χ1) is 10.8. The zero-order chi connectivity index (χ0) is 15.0. The van der Waals surface area contributed by atoms with Crippen LogP contribution < -0.4 is 5.32 Å². The predicted molar refractivity (Wildman–Crippen MR) is 79.8 cm³/mol. The Morgan fingerprint density at radius 2 is 2.36 bits per heavy atom. The smallest absolute Gasteiger partial charge is 0.251 e. The Bertz CT molecular complexity index is 673. The first kappa shape index (κ1) is 13.5. The number of nitrogens with zero attached hydrogens (tertiary/aromatic N) is 3. The van der Waals surface area contributed by atoms with Gasteiger partial charge >= 0.3 is 0 Å². The van der Waals surface area contributed by atoms with Crippen molar-refractivity contribution in [2.45, 2.75) is 37.3 Å². The molecular weight excluding hydrogens is 280 g/mol.